The quantitative estimate of drug-likeness (QED) is 0.294. The van der Waals surface area contributed by atoms with Crippen LogP contribution in [0.4, 0.5) is 0 Å². The van der Waals surface area contributed by atoms with Crippen molar-refractivity contribution >= 4 is 5.96 Å². The van der Waals surface area contributed by atoms with Crippen LogP contribution in [0.15, 0.2) is 35.6 Å². The highest BCUT2D eigenvalue weighted by Crippen LogP contribution is 2.27. The van der Waals surface area contributed by atoms with Gasteiger partial charge in [0.05, 0.1) is 26.3 Å². The molecule has 2 heterocycles. The number of methoxy groups -OCH3 is 2. The van der Waals surface area contributed by atoms with Crippen LogP contribution in [0.25, 0.3) is 0 Å². The molecule has 2 aromatic rings. The third-order valence-electron chi connectivity index (χ3n) is 5.74. The molecule has 1 aliphatic rings. The fourth-order valence-electron chi connectivity index (χ4n) is 3.99. The van der Waals surface area contributed by atoms with Gasteiger partial charge in [0.15, 0.2) is 5.96 Å². The maximum Gasteiger partial charge on any atom is 0.191 e. The van der Waals surface area contributed by atoms with Gasteiger partial charge in [-0.2, -0.15) is 0 Å². The monoisotopic (exact) mass is 443 g/mol. The smallest absolute Gasteiger partial charge is 0.191 e. The van der Waals surface area contributed by atoms with Crippen LogP contribution in [0.5, 0.6) is 5.75 Å². The predicted molar refractivity (Wildman–Crippen MR) is 126 cm³/mol. The van der Waals surface area contributed by atoms with Crippen LogP contribution in [-0.4, -0.2) is 79.2 Å². The van der Waals surface area contributed by atoms with Crippen molar-refractivity contribution in [3.05, 3.63) is 42.0 Å². The van der Waals surface area contributed by atoms with Gasteiger partial charge in [-0.15, -0.1) is 10.2 Å². The zero-order valence-corrected chi connectivity index (χ0v) is 19.6. The second kappa shape index (κ2) is 13.0. The lowest BCUT2D eigenvalue weighted by atomic mass is 10.1. The molecule has 0 radical (unpaired) electrons. The number of guanidine groups is 1. The molecule has 0 spiro atoms. The number of hydrogen-bond acceptors (Lipinski definition) is 6. The summed E-state index contributed by atoms with van der Waals surface area (Å²) in [4.78, 5) is 7.47. The lowest BCUT2D eigenvalue weighted by Crippen LogP contribution is -2.41. The SMILES string of the molecule is CCc1nncn1CCNC(=NCC(c1cccc(OC)c1)N1CCCC1)NCCOC. The van der Waals surface area contributed by atoms with Gasteiger partial charge in [0, 0.05) is 33.2 Å². The molecule has 1 unspecified atom stereocenters. The number of aryl methyl sites for hydroxylation is 1. The van der Waals surface area contributed by atoms with Gasteiger partial charge in [-0.1, -0.05) is 19.1 Å². The highest BCUT2D eigenvalue weighted by molar-refractivity contribution is 5.79. The predicted octanol–water partition coefficient (Wildman–Crippen LogP) is 1.87. The number of likely N-dealkylation sites (tertiary alicyclic amines) is 1. The molecule has 2 N–H and O–H groups in total. The molecule has 9 nitrogen and oxygen atoms in total. The molecule has 3 rings (SSSR count). The molecule has 1 aromatic carbocycles. The molecule has 1 aliphatic heterocycles. The molecule has 1 fully saturated rings. The lowest BCUT2D eigenvalue weighted by molar-refractivity contribution is 0.203. The first-order valence-corrected chi connectivity index (χ1v) is 11.5. The van der Waals surface area contributed by atoms with Gasteiger partial charge < -0.3 is 24.7 Å². The van der Waals surface area contributed by atoms with Crippen molar-refractivity contribution in [2.75, 3.05) is 53.6 Å². The Kier molecular flexibility index (Phi) is 9.77. The number of rotatable bonds is 12. The van der Waals surface area contributed by atoms with E-state index >= 15 is 0 Å². The highest BCUT2D eigenvalue weighted by Gasteiger charge is 2.23. The van der Waals surface area contributed by atoms with Crippen LogP contribution in [-0.2, 0) is 17.7 Å². The van der Waals surface area contributed by atoms with E-state index in [2.05, 4.69) is 55.4 Å². The Bertz CT molecular complexity index is 833. The lowest BCUT2D eigenvalue weighted by Gasteiger charge is -2.27. The van der Waals surface area contributed by atoms with Crippen LogP contribution in [0.2, 0.25) is 0 Å². The first-order valence-electron chi connectivity index (χ1n) is 11.5. The minimum Gasteiger partial charge on any atom is -0.497 e. The second-order valence-electron chi connectivity index (χ2n) is 7.87. The zero-order chi connectivity index (χ0) is 22.6. The maximum absolute atomic E-state index is 5.46. The fourth-order valence-corrected chi connectivity index (χ4v) is 3.99. The molecule has 176 valence electrons. The Morgan fingerprint density at radius 3 is 2.75 bits per heavy atom. The van der Waals surface area contributed by atoms with E-state index in [4.69, 9.17) is 14.5 Å². The number of aromatic nitrogens is 3. The van der Waals surface area contributed by atoms with Crippen molar-refractivity contribution in [1.29, 1.82) is 0 Å². The standard InChI is InChI=1S/C23H37N7O2/c1-4-22-28-27-18-30(22)14-10-24-23(25-11-15-31-2)26-17-21(29-12-5-6-13-29)19-8-7-9-20(16-19)32-3/h7-9,16,18,21H,4-6,10-15,17H2,1-3H3,(H2,24,25,26). The van der Waals surface area contributed by atoms with Crippen molar-refractivity contribution < 1.29 is 9.47 Å². The third-order valence-corrected chi connectivity index (χ3v) is 5.74. The molecule has 0 saturated carbocycles. The normalized spacial score (nSPS) is 15.7. The Hall–Kier alpha value is -2.65. The Morgan fingerprint density at radius 2 is 2.00 bits per heavy atom. The Morgan fingerprint density at radius 1 is 1.19 bits per heavy atom. The minimum absolute atomic E-state index is 0.221. The molecular weight excluding hydrogens is 406 g/mol. The average Bonchev–Trinajstić information content (AvgIpc) is 3.51. The third kappa shape index (κ3) is 6.93. The summed E-state index contributed by atoms with van der Waals surface area (Å²) in [5.41, 5.74) is 1.24. The summed E-state index contributed by atoms with van der Waals surface area (Å²) in [5.74, 6) is 2.66. The average molecular weight is 444 g/mol. The van der Waals surface area contributed by atoms with Crippen LogP contribution in [0.1, 0.15) is 37.2 Å². The van der Waals surface area contributed by atoms with Crippen LogP contribution in [0, 0.1) is 0 Å². The van der Waals surface area contributed by atoms with E-state index in [0.717, 1.165) is 50.1 Å². The zero-order valence-electron chi connectivity index (χ0n) is 19.6. The van der Waals surface area contributed by atoms with Gasteiger partial charge in [-0.05, 0) is 43.6 Å². The number of benzene rings is 1. The van der Waals surface area contributed by atoms with E-state index in [1.165, 1.54) is 18.4 Å². The summed E-state index contributed by atoms with van der Waals surface area (Å²) in [7, 11) is 3.42. The number of ether oxygens (including phenoxy) is 2. The van der Waals surface area contributed by atoms with E-state index < -0.39 is 0 Å². The van der Waals surface area contributed by atoms with E-state index in [0.29, 0.717) is 19.7 Å². The molecule has 32 heavy (non-hydrogen) atoms. The maximum atomic E-state index is 5.46. The molecule has 1 saturated heterocycles. The van der Waals surface area contributed by atoms with Gasteiger partial charge in [-0.25, -0.2) is 0 Å². The van der Waals surface area contributed by atoms with Crippen molar-refractivity contribution in [1.82, 2.24) is 30.3 Å². The Balaban J connectivity index is 1.69. The molecule has 9 heteroatoms. The summed E-state index contributed by atoms with van der Waals surface area (Å²) in [6, 6.07) is 8.56. The molecule has 1 atom stereocenters. The van der Waals surface area contributed by atoms with E-state index in [1.54, 1.807) is 20.5 Å². The number of aliphatic imine (C=N–C) groups is 1. The van der Waals surface area contributed by atoms with Crippen LogP contribution < -0.4 is 15.4 Å². The van der Waals surface area contributed by atoms with Gasteiger partial charge in [-0.3, -0.25) is 9.89 Å². The van der Waals surface area contributed by atoms with Crippen molar-refractivity contribution in [3.63, 3.8) is 0 Å². The largest absolute Gasteiger partial charge is 0.497 e. The summed E-state index contributed by atoms with van der Waals surface area (Å²) in [6.07, 6.45) is 5.12. The number of nitrogens with one attached hydrogen (secondary N) is 2. The molecule has 1 aromatic heterocycles. The molecule has 0 amide bonds. The van der Waals surface area contributed by atoms with Crippen molar-refractivity contribution in [3.8, 4) is 5.75 Å². The van der Waals surface area contributed by atoms with Crippen molar-refractivity contribution in [2.24, 2.45) is 4.99 Å². The molecular formula is C23H37N7O2. The number of nitrogens with zero attached hydrogens (tertiary/aromatic N) is 5. The second-order valence-corrected chi connectivity index (χ2v) is 7.87. The van der Waals surface area contributed by atoms with E-state index in [1.807, 2.05) is 6.07 Å². The van der Waals surface area contributed by atoms with E-state index in [9.17, 15) is 0 Å². The first-order chi connectivity index (χ1) is 15.7. The summed E-state index contributed by atoms with van der Waals surface area (Å²) in [5, 5.41) is 15.0. The molecule has 0 bridgehead atoms. The highest BCUT2D eigenvalue weighted by atomic mass is 16.5. The van der Waals surface area contributed by atoms with Gasteiger partial charge in [0.25, 0.3) is 0 Å². The van der Waals surface area contributed by atoms with E-state index in [-0.39, 0.29) is 6.04 Å². The summed E-state index contributed by atoms with van der Waals surface area (Å²) in [6.45, 7) is 7.80. The summed E-state index contributed by atoms with van der Waals surface area (Å²) >= 11 is 0. The topological polar surface area (TPSA) is 88.8 Å². The van der Waals surface area contributed by atoms with Gasteiger partial charge in [0.2, 0.25) is 0 Å². The molecule has 0 aliphatic carbocycles. The number of hydrogen-bond donors (Lipinski definition) is 2. The van der Waals surface area contributed by atoms with Gasteiger partial charge in [0.1, 0.15) is 17.9 Å². The van der Waals surface area contributed by atoms with Gasteiger partial charge >= 0.3 is 0 Å². The summed E-state index contributed by atoms with van der Waals surface area (Å²) < 4.78 is 12.7. The Labute approximate surface area is 191 Å². The minimum atomic E-state index is 0.221. The fraction of sp³-hybridized carbons (Fsp3) is 0.609. The first kappa shape index (κ1) is 24.0. The van der Waals surface area contributed by atoms with Crippen LogP contribution >= 0.6 is 0 Å². The van der Waals surface area contributed by atoms with Crippen LogP contribution in [0.3, 0.4) is 0 Å². The van der Waals surface area contributed by atoms with Crippen molar-refractivity contribution in [2.45, 2.75) is 38.8 Å².